The van der Waals surface area contributed by atoms with Gasteiger partial charge in [-0.3, -0.25) is 4.98 Å². The van der Waals surface area contributed by atoms with Crippen LogP contribution < -0.4 is 5.32 Å². The van der Waals surface area contributed by atoms with Gasteiger partial charge in [0, 0.05) is 12.7 Å². The molecule has 0 amide bonds. The van der Waals surface area contributed by atoms with Crippen molar-refractivity contribution in [2.45, 2.75) is 18.6 Å². The molecule has 0 bridgehead atoms. The molecule has 1 saturated heterocycles. The molecule has 1 aliphatic heterocycles. The third-order valence-corrected chi connectivity index (χ3v) is 2.74. The monoisotopic (exact) mass is 204 g/mol. The number of pyridine rings is 1. The Labute approximate surface area is 86.6 Å². The number of aliphatic hydroxyl groups is 1. The Morgan fingerprint density at radius 1 is 1.47 bits per heavy atom. The quantitative estimate of drug-likeness (QED) is 0.626. The van der Waals surface area contributed by atoms with Gasteiger partial charge in [0.15, 0.2) is 0 Å². The van der Waals surface area contributed by atoms with E-state index >= 15 is 0 Å². The average molecular weight is 204 g/mol. The lowest BCUT2D eigenvalue weighted by Gasteiger charge is -2.04. The van der Waals surface area contributed by atoms with Crippen LogP contribution in [-0.4, -0.2) is 32.7 Å². The Morgan fingerprint density at radius 3 is 3.13 bits per heavy atom. The van der Waals surface area contributed by atoms with Crippen LogP contribution in [0.1, 0.15) is 18.3 Å². The van der Waals surface area contributed by atoms with Gasteiger partial charge in [0.2, 0.25) is 0 Å². The minimum atomic E-state index is -0.263. The van der Waals surface area contributed by atoms with E-state index in [0.29, 0.717) is 13.0 Å². The van der Waals surface area contributed by atoms with Crippen molar-refractivity contribution in [3.63, 3.8) is 0 Å². The average Bonchev–Trinajstić information content (AvgIpc) is 2.82. The van der Waals surface area contributed by atoms with E-state index in [-0.39, 0.29) is 12.1 Å². The fraction of sp³-hybridized carbons (Fsp3) is 0.400. The van der Waals surface area contributed by atoms with Gasteiger partial charge in [0.05, 0.1) is 29.4 Å². The Balaban J connectivity index is 1.98. The molecule has 15 heavy (non-hydrogen) atoms. The maximum absolute atomic E-state index is 9.42. The zero-order valence-corrected chi connectivity index (χ0v) is 8.14. The number of rotatable bonds is 1. The minimum absolute atomic E-state index is 0.132. The summed E-state index contributed by atoms with van der Waals surface area (Å²) >= 11 is 0. The van der Waals surface area contributed by atoms with E-state index in [9.17, 15) is 5.11 Å². The summed E-state index contributed by atoms with van der Waals surface area (Å²) in [4.78, 5) is 11.7. The van der Waals surface area contributed by atoms with Crippen LogP contribution in [0.25, 0.3) is 11.0 Å². The topological polar surface area (TPSA) is 73.8 Å². The number of nitrogens with one attached hydrogen (secondary N) is 2. The normalized spacial score (nSPS) is 26.2. The molecule has 78 valence electrons. The van der Waals surface area contributed by atoms with Crippen molar-refractivity contribution in [3.8, 4) is 0 Å². The molecule has 0 spiro atoms. The van der Waals surface area contributed by atoms with Gasteiger partial charge in [-0.25, -0.2) is 4.98 Å². The fourth-order valence-corrected chi connectivity index (χ4v) is 1.97. The molecule has 2 aromatic heterocycles. The molecule has 3 heterocycles. The van der Waals surface area contributed by atoms with E-state index in [1.165, 1.54) is 0 Å². The predicted octanol–water partition coefficient (Wildman–Crippen LogP) is 0.353. The number of hydrogen-bond donors (Lipinski definition) is 3. The van der Waals surface area contributed by atoms with Crippen LogP contribution in [0.3, 0.4) is 0 Å². The number of nitrogens with zero attached hydrogens (tertiary/aromatic N) is 2. The Hall–Kier alpha value is -1.46. The summed E-state index contributed by atoms with van der Waals surface area (Å²) < 4.78 is 0. The fourth-order valence-electron chi connectivity index (χ4n) is 1.97. The number of aliphatic hydroxyl groups excluding tert-OH is 1. The Kier molecular flexibility index (Phi) is 1.93. The second-order valence-electron chi connectivity index (χ2n) is 3.87. The van der Waals surface area contributed by atoms with Gasteiger partial charge < -0.3 is 15.4 Å². The zero-order chi connectivity index (χ0) is 10.3. The number of imidazole rings is 1. The first kappa shape index (κ1) is 8.82. The van der Waals surface area contributed by atoms with E-state index < -0.39 is 0 Å². The first-order valence-corrected chi connectivity index (χ1v) is 5.04. The van der Waals surface area contributed by atoms with Crippen molar-refractivity contribution >= 4 is 11.0 Å². The van der Waals surface area contributed by atoms with E-state index in [2.05, 4.69) is 20.3 Å². The highest BCUT2D eigenvalue weighted by Gasteiger charge is 2.25. The minimum Gasteiger partial charge on any atom is -0.392 e. The summed E-state index contributed by atoms with van der Waals surface area (Å²) in [6.45, 7) is 0.639. The van der Waals surface area contributed by atoms with Crippen molar-refractivity contribution in [2.24, 2.45) is 0 Å². The van der Waals surface area contributed by atoms with Crippen LogP contribution in [0.15, 0.2) is 18.5 Å². The number of aromatic nitrogens is 3. The largest absolute Gasteiger partial charge is 0.392 e. The lowest BCUT2D eigenvalue weighted by Crippen LogP contribution is -2.15. The first-order valence-electron chi connectivity index (χ1n) is 5.04. The van der Waals surface area contributed by atoms with Gasteiger partial charge in [0.1, 0.15) is 5.82 Å². The van der Waals surface area contributed by atoms with Crippen LogP contribution in [0, 0.1) is 0 Å². The first-order chi connectivity index (χ1) is 7.33. The highest BCUT2D eigenvalue weighted by Crippen LogP contribution is 2.22. The second-order valence-corrected chi connectivity index (χ2v) is 3.87. The smallest absolute Gasteiger partial charge is 0.124 e. The van der Waals surface area contributed by atoms with Gasteiger partial charge in [0.25, 0.3) is 0 Å². The molecular formula is C10H12N4O. The van der Waals surface area contributed by atoms with Crippen LogP contribution in [-0.2, 0) is 0 Å². The number of fused-ring (bicyclic) bond motifs is 1. The number of hydrogen-bond acceptors (Lipinski definition) is 4. The molecule has 0 saturated carbocycles. The molecule has 2 aromatic rings. The van der Waals surface area contributed by atoms with Crippen LogP contribution in [0.5, 0.6) is 0 Å². The standard InChI is InChI=1S/C10H12N4O/c15-6-3-8(12-4-6)10-13-7-1-2-11-5-9(7)14-10/h1-2,5-6,8,12,15H,3-4H2,(H,13,14)/t6-,8-/m1/s1. The molecule has 3 N–H and O–H groups in total. The summed E-state index contributed by atoms with van der Waals surface area (Å²) in [6, 6.07) is 2.01. The van der Waals surface area contributed by atoms with E-state index in [1.54, 1.807) is 12.4 Å². The van der Waals surface area contributed by atoms with Crippen molar-refractivity contribution < 1.29 is 5.11 Å². The molecule has 2 atom stereocenters. The SMILES string of the molecule is O[C@H]1CN[C@@H](c2nc3ccncc3[nH]2)C1. The Morgan fingerprint density at radius 2 is 2.40 bits per heavy atom. The van der Waals surface area contributed by atoms with Crippen molar-refractivity contribution in [1.29, 1.82) is 0 Å². The molecule has 1 fully saturated rings. The van der Waals surface area contributed by atoms with E-state index in [0.717, 1.165) is 16.9 Å². The molecule has 0 unspecified atom stereocenters. The summed E-state index contributed by atoms with van der Waals surface area (Å²) in [5.74, 6) is 0.884. The molecular weight excluding hydrogens is 192 g/mol. The Bertz CT molecular complexity index is 448. The highest BCUT2D eigenvalue weighted by atomic mass is 16.3. The highest BCUT2D eigenvalue weighted by molar-refractivity contribution is 5.73. The van der Waals surface area contributed by atoms with Crippen LogP contribution >= 0.6 is 0 Å². The van der Waals surface area contributed by atoms with E-state index in [1.807, 2.05) is 6.07 Å². The van der Waals surface area contributed by atoms with Crippen molar-refractivity contribution in [3.05, 3.63) is 24.3 Å². The van der Waals surface area contributed by atoms with Gasteiger partial charge in [-0.1, -0.05) is 0 Å². The summed E-state index contributed by atoms with van der Waals surface area (Å²) in [7, 11) is 0. The van der Waals surface area contributed by atoms with Crippen molar-refractivity contribution in [2.75, 3.05) is 6.54 Å². The lowest BCUT2D eigenvalue weighted by atomic mass is 10.2. The summed E-state index contributed by atoms with van der Waals surface area (Å²) in [5.41, 5.74) is 1.86. The van der Waals surface area contributed by atoms with E-state index in [4.69, 9.17) is 0 Å². The lowest BCUT2D eigenvalue weighted by molar-refractivity contribution is 0.193. The van der Waals surface area contributed by atoms with Crippen LogP contribution in [0.2, 0.25) is 0 Å². The van der Waals surface area contributed by atoms with Crippen LogP contribution in [0.4, 0.5) is 0 Å². The maximum Gasteiger partial charge on any atom is 0.124 e. The van der Waals surface area contributed by atoms with Gasteiger partial charge in [-0.2, -0.15) is 0 Å². The number of aromatic amines is 1. The molecule has 0 radical (unpaired) electrons. The summed E-state index contributed by atoms with van der Waals surface area (Å²) in [5, 5.41) is 12.6. The van der Waals surface area contributed by atoms with Crippen molar-refractivity contribution in [1.82, 2.24) is 20.3 Å². The maximum atomic E-state index is 9.42. The molecule has 3 rings (SSSR count). The molecule has 0 aliphatic carbocycles. The van der Waals surface area contributed by atoms with Gasteiger partial charge in [-0.05, 0) is 12.5 Å². The molecule has 5 nitrogen and oxygen atoms in total. The molecule has 0 aromatic carbocycles. The van der Waals surface area contributed by atoms with Gasteiger partial charge >= 0.3 is 0 Å². The second kappa shape index (κ2) is 3.29. The zero-order valence-electron chi connectivity index (χ0n) is 8.14. The number of H-pyrrole nitrogens is 1. The summed E-state index contributed by atoms with van der Waals surface area (Å²) in [6.07, 6.45) is 3.94. The van der Waals surface area contributed by atoms with Gasteiger partial charge in [-0.15, -0.1) is 0 Å². The molecule has 1 aliphatic rings. The third-order valence-electron chi connectivity index (χ3n) is 2.74. The number of β-amino-alcohol motifs (C(OH)–C–C–N with tert-alkyl or cyclic N) is 1. The predicted molar refractivity (Wildman–Crippen MR) is 55.3 cm³/mol. The third kappa shape index (κ3) is 1.49. The molecule has 5 heteroatoms.